The van der Waals surface area contributed by atoms with Crippen LogP contribution in [0.1, 0.15) is 0 Å². The van der Waals surface area contributed by atoms with Crippen LogP contribution >= 0.6 is 11.6 Å². The van der Waals surface area contributed by atoms with E-state index in [1.54, 1.807) is 0 Å². The standard InChI is InChI=1S/C8H6ClF2NO2/c1-14-8(13)12-7-5(10)2-4(9)3-6(7)11/h2-3H,1H3,(H,12,13). The second-order valence-electron chi connectivity index (χ2n) is 2.36. The van der Waals surface area contributed by atoms with Crippen LogP contribution in [-0.4, -0.2) is 13.2 Å². The zero-order valence-electron chi connectivity index (χ0n) is 7.11. The minimum atomic E-state index is -0.958. The average molecular weight is 222 g/mol. The van der Waals surface area contributed by atoms with Gasteiger partial charge in [-0.3, -0.25) is 5.32 Å². The van der Waals surface area contributed by atoms with Gasteiger partial charge in [-0.05, 0) is 12.1 Å². The second kappa shape index (κ2) is 4.23. The summed E-state index contributed by atoms with van der Waals surface area (Å²) < 4.78 is 30.2. The van der Waals surface area contributed by atoms with E-state index in [1.807, 2.05) is 5.32 Å². The molecule has 1 amide bonds. The van der Waals surface area contributed by atoms with Crippen molar-refractivity contribution >= 4 is 23.4 Å². The van der Waals surface area contributed by atoms with Crippen molar-refractivity contribution in [1.82, 2.24) is 0 Å². The number of anilines is 1. The summed E-state index contributed by atoms with van der Waals surface area (Å²) >= 11 is 5.37. The molecule has 3 nitrogen and oxygen atoms in total. The Bertz CT molecular complexity index is 347. The molecule has 0 fully saturated rings. The highest BCUT2D eigenvalue weighted by molar-refractivity contribution is 6.30. The van der Waals surface area contributed by atoms with E-state index in [0.717, 1.165) is 19.2 Å². The Balaban J connectivity index is 3.02. The van der Waals surface area contributed by atoms with Crippen LogP contribution < -0.4 is 5.32 Å². The third kappa shape index (κ3) is 2.32. The molecule has 14 heavy (non-hydrogen) atoms. The van der Waals surface area contributed by atoms with Crippen LogP contribution in [0, 0.1) is 11.6 Å². The summed E-state index contributed by atoms with van der Waals surface area (Å²) in [5, 5.41) is 1.80. The van der Waals surface area contributed by atoms with E-state index < -0.39 is 23.4 Å². The highest BCUT2D eigenvalue weighted by Crippen LogP contribution is 2.23. The molecule has 1 N–H and O–H groups in total. The molecule has 0 heterocycles. The number of carbonyl (C=O) groups excluding carboxylic acids is 1. The maximum Gasteiger partial charge on any atom is 0.411 e. The number of benzene rings is 1. The first-order chi connectivity index (χ1) is 6.54. The lowest BCUT2D eigenvalue weighted by Gasteiger charge is -2.06. The predicted molar refractivity (Wildman–Crippen MR) is 47.4 cm³/mol. The van der Waals surface area contributed by atoms with Crippen molar-refractivity contribution in [2.24, 2.45) is 0 Å². The molecule has 1 aromatic carbocycles. The van der Waals surface area contributed by atoms with Gasteiger partial charge in [-0.25, -0.2) is 13.6 Å². The van der Waals surface area contributed by atoms with Crippen LogP contribution in [0.25, 0.3) is 0 Å². The molecule has 0 aliphatic carbocycles. The van der Waals surface area contributed by atoms with Crippen molar-refractivity contribution in [1.29, 1.82) is 0 Å². The van der Waals surface area contributed by atoms with E-state index in [9.17, 15) is 13.6 Å². The molecule has 0 spiro atoms. The van der Waals surface area contributed by atoms with E-state index >= 15 is 0 Å². The van der Waals surface area contributed by atoms with E-state index in [1.165, 1.54) is 0 Å². The molecule has 0 saturated heterocycles. The molecule has 1 aromatic rings. The van der Waals surface area contributed by atoms with Crippen LogP contribution in [0.2, 0.25) is 5.02 Å². The predicted octanol–water partition coefficient (Wildman–Crippen LogP) is 2.80. The van der Waals surface area contributed by atoms with Gasteiger partial charge in [0, 0.05) is 5.02 Å². The normalized spacial score (nSPS) is 9.71. The smallest absolute Gasteiger partial charge is 0.411 e. The molecule has 76 valence electrons. The minimum Gasteiger partial charge on any atom is -0.453 e. The van der Waals surface area contributed by atoms with E-state index in [-0.39, 0.29) is 5.02 Å². The Morgan fingerprint density at radius 1 is 1.43 bits per heavy atom. The Morgan fingerprint density at radius 3 is 2.36 bits per heavy atom. The van der Waals surface area contributed by atoms with Gasteiger partial charge >= 0.3 is 6.09 Å². The van der Waals surface area contributed by atoms with Gasteiger partial charge in [0.05, 0.1) is 7.11 Å². The van der Waals surface area contributed by atoms with Crippen LogP contribution in [0.3, 0.4) is 0 Å². The third-order valence-corrected chi connectivity index (χ3v) is 1.64. The zero-order chi connectivity index (χ0) is 10.7. The first-order valence-electron chi connectivity index (χ1n) is 3.54. The van der Waals surface area contributed by atoms with Crippen LogP contribution in [0.4, 0.5) is 19.3 Å². The summed E-state index contributed by atoms with van der Waals surface area (Å²) in [6.45, 7) is 0. The Kier molecular flexibility index (Phi) is 3.24. The topological polar surface area (TPSA) is 38.3 Å². The quantitative estimate of drug-likeness (QED) is 0.792. The number of methoxy groups -OCH3 is 1. The lowest BCUT2D eigenvalue weighted by atomic mass is 10.3. The molecule has 0 aliphatic heterocycles. The number of carbonyl (C=O) groups is 1. The number of ether oxygens (including phenoxy) is 1. The van der Waals surface area contributed by atoms with Crippen molar-refractivity contribution in [3.8, 4) is 0 Å². The van der Waals surface area contributed by atoms with E-state index in [4.69, 9.17) is 11.6 Å². The van der Waals surface area contributed by atoms with Gasteiger partial charge in [-0.15, -0.1) is 0 Å². The highest BCUT2D eigenvalue weighted by atomic mass is 35.5. The van der Waals surface area contributed by atoms with Gasteiger partial charge < -0.3 is 4.74 Å². The van der Waals surface area contributed by atoms with Gasteiger partial charge in [-0.2, -0.15) is 0 Å². The minimum absolute atomic E-state index is 0.0876. The fourth-order valence-corrected chi connectivity index (χ4v) is 1.01. The first-order valence-corrected chi connectivity index (χ1v) is 3.92. The van der Waals surface area contributed by atoms with Crippen molar-refractivity contribution in [2.75, 3.05) is 12.4 Å². The Morgan fingerprint density at radius 2 is 1.93 bits per heavy atom. The van der Waals surface area contributed by atoms with Crippen molar-refractivity contribution < 1.29 is 18.3 Å². The number of rotatable bonds is 1. The lowest BCUT2D eigenvalue weighted by molar-refractivity contribution is 0.186. The fraction of sp³-hybridized carbons (Fsp3) is 0.125. The SMILES string of the molecule is COC(=O)Nc1c(F)cc(Cl)cc1F. The zero-order valence-corrected chi connectivity index (χ0v) is 7.86. The lowest BCUT2D eigenvalue weighted by Crippen LogP contribution is -2.13. The number of halogens is 3. The number of hydrogen-bond acceptors (Lipinski definition) is 2. The van der Waals surface area contributed by atoms with Crippen molar-refractivity contribution in [3.63, 3.8) is 0 Å². The summed E-state index contributed by atoms with van der Waals surface area (Å²) in [4.78, 5) is 10.7. The van der Waals surface area contributed by atoms with Gasteiger partial charge in [-0.1, -0.05) is 11.6 Å². The van der Waals surface area contributed by atoms with Gasteiger partial charge in [0.2, 0.25) is 0 Å². The second-order valence-corrected chi connectivity index (χ2v) is 2.80. The molecular weight excluding hydrogens is 216 g/mol. The van der Waals surface area contributed by atoms with Crippen molar-refractivity contribution in [3.05, 3.63) is 28.8 Å². The number of hydrogen-bond donors (Lipinski definition) is 1. The first kappa shape index (κ1) is 10.7. The maximum absolute atomic E-state index is 13.0. The van der Waals surface area contributed by atoms with E-state index in [0.29, 0.717) is 0 Å². The summed E-state index contributed by atoms with van der Waals surface area (Å²) in [6, 6.07) is 1.77. The molecule has 6 heteroatoms. The molecule has 0 atom stereocenters. The number of amides is 1. The largest absolute Gasteiger partial charge is 0.453 e. The molecule has 0 radical (unpaired) electrons. The fourth-order valence-electron chi connectivity index (χ4n) is 0.815. The highest BCUT2D eigenvalue weighted by Gasteiger charge is 2.13. The Labute approximate surface area is 83.6 Å². The molecule has 0 bridgehead atoms. The van der Waals surface area contributed by atoms with Crippen LogP contribution in [-0.2, 0) is 4.74 Å². The average Bonchev–Trinajstić information content (AvgIpc) is 2.10. The summed E-state index contributed by atoms with van der Waals surface area (Å²) in [7, 11) is 1.08. The van der Waals surface area contributed by atoms with Gasteiger partial charge in [0.25, 0.3) is 0 Å². The van der Waals surface area contributed by atoms with Crippen LogP contribution in [0.15, 0.2) is 12.1 Å². The molecule has 1 rings (SSSR count). The molecule has 0 unspecified atom stereocenters. The number of nitrogens with one attached hydrogen (secondary N) is 1. The maximum atomic E-state index is 13.0. The molecule has 0 aliphatic rings. The van der Waals surface area contributed by atoms with E-state index in [2.05, 4.69) is 4.74 Å². The summed E-state index contributed by atoms with van der Waals surface area (Å²) in [6.07, 6.45) is -0.954. The van der Waals surface area contributed by atoms with Gasteiger partial charge in [0.15, 0.2) is 11.6 Å². The van der Waals surface area contributed by atoms with Gasteiger partial charge in [0.1, 0.15) is 5.69 Å². The Hall–Kier alpha value is -1.36. The monoisotopic (exact) mass is 221 g/mol. The third-order valence-electron chi connectivity index (χ3n) is 1.42. The summed E-state index contributed by atoms with van der Waals surface area (Å²) in [5.41, 5.74) is -0.582. The van der Waals surface area contributed by atoms with Crippen molar-refractivity contribution in [2.45, 2.75) is 0 Å². The molecular formula is C8H6ClF2NO2. The summed E-state index contributed by atoms with van der Waals surface area (Å²) in [5.74, 6) is -1.92. The molecule has 0 aromatic heterocycles. The molecule has 0 saturated carbocycles. The van der Waals surface area contributed by atoms with Crippen LogP contribution in [0.5, 0.6) is 0 Å².